The van der Waals surface area contributed by atoms with Crippen molar-refractivity contribution in [3.8, 4) is 5.75 Å². The van der Waals surface area contributed by atoms with Gasteiger partial charge in [0.05, 0.1) is 0 Å². The van der Waals surface area contributed by atoms with E-state index in [-0.39, 0.29) is 11.5 Å². The topological polar surface area (TPSA) is 55.5 Å². The van der Waals surface area contributed by atoms with Crippen LogP contribution in [0.3, 0.4) is 0 Å². The summed E-state index contributed by atoms with van der Waals surface area (Å²) in [5.74, 6) is 0.416. The van der Waals surface area contributed by atoms with Crippen LogP contribution in [-0.4, -0.2) is 24.4 Å². The van der Waals surface area contributed by atoms with Crippen LogP contribution in [0.15, 0.2) is 18.2 Å². The fourth-order valence-electron chi connectivity index (χ4n) is 3.50. The number of rotatable bonds is 0. The summed E-state index contributed by atoms with van der Waals surface area (Å²) >= 11 is 0. The number of fused-ring (bicyclic) bond motifs is 2. The van der Waals surface area contributed by atoms with E-state index in [0.29, 0.717) is 5.75 Å². The van der Waals surface area contributed by atoms with Gasteiger partial charge in [-0.3, -0.25) is 0 Å². The van der Waals surface area contributed by atoms with Gasteiger partial charge in [-0.1, -0.05) is 12.1 Å². The van der Waals surface area contributed by atoms with Crippen LogP contribution in [0.25, 0.3) is 0 Å². The molecule has 1 heterocycles. The minimum absolute atomic E-state index is 0.0584. The monoisotopic (exact) mass is 233 g/mol. The Morgan fingerprint density at radius 1 is 1.29 bits per heavy atom. The van der Waals surface area contributed by atoms with Crippen LogP contribution < -0.4 is 5.73 Å². The molecular weight excluding hydrogens is 214 g/mol. The van der Waals surface area contributed by atoms with Gasteiger partial charge in [-0.15, -0.1) is 0 Å². The summed E-state index contributed by atoms with van der Waals surface area (Å²) in [6, 6.07) is 5.98. The van der Waals surface area contributed by atoms with E-state index in [4.69, 9.17) is 10.5 Å². The molecular formula is C14H19NO2. The molecule has 1 aromatic rings. The molecule has 1 aliphatic heterocycles. The summed E-state index contributed by atoms with van der Waals surface area (Å²) in [5.41, 5.74) is 8.67. The van der Waals surface area contributed by atoms with E-state index in [9.17, 15) is 5.11 Å². The Kier molecular flexibility index (Phi) is 2.60. The zero-order valence-corrected chi connectivity index (χ0v) is 9.98. The second-order valence-electron chi connectivity index (χ2n) is 5.22. The number of nitrogens with two attached hydrogens (primary N) is 1. The van der Waals surface area contributed by atoms with Gasteiger partial charge in [-0.2, -0.15) is 0 Å². The summed E-state index contributed by atoms with van der Waals surface area (Å²) in [7, 11) is 0. The number of benzene rings is 1. The summed E-state index contributed by atoms with van der Waals surface area (Å²) in [4.78, 5) is 0. The summed E-state index contributed by atoms with van der Waals surface area (Å²) in [6.45, 7) is 1.50. The third-order valence-electron chi connectivity index (χ3n) is 4.45. The molecule has 0 radical (unpaired) electrons. The average Bonchev–Trinajstić information content (AvgIpc) is 2.35. The van der Waals surface area contributed by atoms with E-state index in [1.54, 1.807) is 6.07 Å². The maximum Gasteiger partial charge on any atom is 0.119 e. The number of aryl methyl sites for hydroxylation is 1. The highest BCUT2D eigenvalue weighted by molar-refractivity contribution is 5.48. The first kappa shape index (κ1) is 11.1. The molecule has 3 N–H and O–H groups in total. The highest BCUT2D eigenvalue weighted by Crippen LogP contribution is 2.47. The number of phenols is 1. The standard InChI is InChI=1S/C14H19NO2/c15-12-5-4-10-2-1-3-11(16)13(10)14(12)6-8-17-9-7-14/h1-3,12,16H,4-9,15H2. The van der Waals surface area contributed by atoms with Crippen molar-refractivity contribution in [3.05, 3.63) is 29.3 Å². The molecule has 1 fully saturated rings. The molecule has 1 spiro atoms. The molecule has 3 heteroatoms. The lowest BCUT2D eigenvalue weighted by Gasteiger charge is -2.46. The molecule has 1 aromatic carbocycles. The van der Waals surface area contributed by atoms with Crippen LogP contribution in [0.1, 0.15) is 30.4 Å². The molecule has 3 nitrogen and oxygen atoms in total. The van der Waals surface area contributed by atoms with E-state index in [1.807, 2.05) is 6.07 Å². The van der Waals surface area contributed by atoms with Gasteiger partial charge in [-0.25, -0.2) is 0 Å². The molecule has 1 aliphatic carbocycles. The van der Waals surface area contributed by atoms with Gasteiger partial charge in [0, 0.05) is 30.2 Å². The maximum absolute atomic E-state index is 10.2. The first-order valence-electron chi connectivity index (χ1n) is 6.39. The van der Waals surface area contributed by atoms with Crippen LogP contribution in [0, 0.1) is 0 Å². The first-order chi connectivity index (χ1) is 8.24. The Hall–Kier alpha value is -1.06. The molecule has 0 amide bonds. The number of aromatic hydroxyl groups is 1. The summed E-state index contributed by atoms with van der Waals surface area (Å²) < 4.78 is 5.46. The molecule has 17 heavy (non-hydrogen) atoms. The largest absolute Gasteiger partial charge is 0.508 e. The van der Waals surface area contributed by atoms with Crippen LogP contribution in [-0.2, 0) is 16.6 Å². The van der Waals surface area contributed by atoms with Crippen LogP contribution in [0.2, 0.25) is 0 Å². The SMILES string of the molecule is NC1CCc2cccc(O)c2C12CCOCC2. The molecule has 0 aromatic heterocycles. The molecule has 1 atom stereocenters. The number of hydrogen-bond donors (Lipinski definition) is 2. The highest BCUT2D eigenvalue weighted by atomic mass is 16.5. The van der Waals surface area contributed by atoms with Crippen molar-refractivity contribution in [3.63, 3.8) is 0 Å². The van der Waals surface area contributed by atoms with Crippen molar-refractivity contribution in [2.75, 3.05) is 13.2 Å². The second kappa shape index (κ2) is 4.00. The van der Waals surface area contributed by atoms with E-state index in [0.717, 1.165) is 44.5 Å². The Morgan fingerprint density at radius 3 is 2.82 bits per heavy atom. The average molecular weight is 233 g/mol. The minimum Gasteiger partial charge on any atom is -0.508 e. The van der Waals surface area contributed by atoms with E-state index < -0.39 is 0 Å². The molecule has 1 saturated heterocycles. The van der Waals surface area contributed by atoms with Crippen molar-refractivity contribution in [2.45, 2.75) is 37.1 Å². The number of hydrogen-bond acceptors (Lipinski definition) is 3. The van der Waals surface area contributed by atoms with Crippen molar-refractivity contribution >= 4 is 0 Å². The van der Waals surface area contributed by atoms with Gasteiger partial charge in [0.25, 0.3) is 0 Å². The third-order valence-corrected chi connectivity index (χ3v) is 4.45. The molecule has 2 aliphatic rings. The Bertz CT molecular complexity index is 424. The molecule has 92 valence electrons. The summed E-state index contributed by atoms with van der Waals surface area (Å²) in [5, 5.41) is 10.2. The van der Waals surface area contributed by atoms with Gasteiger partial charge in [-0.05, 0) is 37.3 Å². The fraction of sp³-hybridized carbons (Fsp3) is 0.571. The van der Waals surface area contributed by atoms with Crippen LogP contribution >= 0.6 is 0 Å². The predicted octanol–water partition coefficient (Wildman–Crippen LogP) is 1.71. The van der Waals surface area contributed by atoms with E-state index in [2.05, 4.69) is 6.07 Å². The van der Waals surface area contributed by atoms with Crippen LogP contribution in [0.4, 0.5) is 0 Å². The van der Waals surface area contributed by atoms with Crippen molar-refractivity contribution in [1.29, 1.82) is 0 Å². The van der Waals surface area contributed by atoms with Crippen molar-refractivity contribution in [2.24, 2.45) is 5.73 Å². The molecule has 3 rings (SSSR count). The van der Waals surface area contributed by atoms with Crippen LogP contribution in [0.5, 0.6) is 5.75 Å². The Labute approximate surface area is 102 Å². The zero-order chi connectivity index (χ0) is 11.9. The van der Waals surface area contributed by atoms with Crippen molar-refractivity contribution in [1.82, 2.24) is 0 Å². The molecule has 0 saturated carbocycles. The quantitative estimate of drug-likeness (QED) is 0.717. The molecule has 0 bridgehead atoms. The lowest BCUT2D eigenvalue weighted by atomic mass is 9.62. The Balaban J connectivity index is 2.15. The van der Waals surface area contributed by atoms with Gasteiger partial charge >= 0.3 is 0 Å². The highest BCUT2D eigenvalue weighted by Gasteiger charge is 2.45. The minimum atomic E-state index is -0.0584. The zero-order valence-electron chi connectivity index (χ0n) is 9.98. The first-order valence-corrected chi connectivity index (χ1v) is 6.39. The lowest BCUT2D eigenvalue weighted by molar-refractivity contribution is 0.0350. The number of phenolic OH excluding ortho intramolecular Hbond substituents is 1. The summed E-state index contributed by atoms with van der Waals surface area (Å²) in [6.07, 6.45) is 3.85. The van der Waals surface area contributed by atoms with Gasteiger partial charge in [0.2, 0.25) is 0 Å². The fourth-order valence-corrected chi connectivity index (χ4v) is 3.50. The smallest absolute Gasteiger partial charge is 0.119 e. The van der Waals surface area contributed by atoms with Gasteiger partial charge < -0.3 is 15.6 Å². The Morgan fingerprint density at radius 2 is 2.06 bits per heavy atom. The lowest BCUT2D eigenvalue weighted by Crippen LogP contribution is -2.51. The normalized spacial score (nSPS) is 26.8. The second-order valence-corrected chi connectivity index (χ2v) is 5.22. The third kappa shape index (κ3) is 1.57. The van der Waals surface area contributed by atoms with Gasteiger partial charge in [0.1, 0.15) is 5.75 Å². The van der Waals surface area contributed by atoms with E-state index in [1.165, 1.54) is 5.56 Å². The maximum atomic E-state index is 10.2. The van der Waals surface area contributed by atoms with E-state index >= 15 is 0 Å². The molecule has 1 unspecified atom stereocenters. The van der Waals surface area contributed by atoms with Crippen molar-refractivity contribution < 1.29 is 9.84 Å². The number of ether oxygens (including phenoxy) is 1. The van der Waals surface area contributed by atoms with Gasteiger partial charge in [0.15, 0.2) is 0 Å². The predicted molar refractivity (Wildman–Crippen MR) is 66.1 cm³/mol.